The Balaban J connectivity index is 1.61. The molecule has 33 heavy (non-hydrogen) atoms. The first-order chi connectivity index (χ1) is 15.7. The average Bonchev–Trinajstić information content (AvgIpc) is 2.80. The second kappa shape index (κ2) is 10.9. The second-order valence-electron chi connectivity index (χ2n) is 8.11. The van der Waals surface area contributed by atoms with Gasteiger partial charge in [-0.25, -0.2) is 8.42 Å². The number of hydrogen-bond donors (Lipinski definition) is 2. The third-order valence-electron chi connectivity index (χ3n) is 5.40. The molecule has 0 aromatic heterocycles. The minimum Gasteiger partial charge on any atom is -0.379 e. The lowest BCUT2D eigenvalue weighted by Gasteiger charge is -2.25. The number of ether oxygens (including phenoxy) is 1. The summed E-state index contributed by atoms with van der Waals surface area (Å²) in [4.78, 5) is 27.0. The quantitative estimate of drug-likeness (QED) is 0.608. The minimum atomic E-state index is -3.69. The summed E-state index contributed by atoms with van der Waals surface area (Å²) in [5, 5.41) is 5.59. The van der Waals surface area contributed by atoms with Crippen molar-refractivity contribution in [2.75, 3.05) is 50.5 Å². The summed E-state index contributed by atoms with van der Waals surface area (Å²) >= 11 is 0. The average molecular weight is 475 g/mol. The van der Waals surface area contributed by atoms with Gasteiger partial charge in [0.1, 0.15) is 0 Å². The monoisotopic (exact) mass is 474 g/mol. The molecule has 0 spiro atoms. The van der Waals surface area contributed by atoms with Gasteiger partial charge in [0.25, 0.3) is 5.91 Å². The van der Waals surface area contributed by atoms with Gasteiger partial charge in [0.2, 0.25) is 15.9 Å². The van der Waals surface area contributed by atoms with E-state index >= 15 is 0 Å². The molecular weight excluding hydrogens is 444 g/mol. The van der Waals surface area contributed by atoms with Crippen LogP contribution in [-0.4, -0.2) is 75.4 Å². The highest BCUT2D eigenvalue weighted by Gasteiger charge is 2.24. The Morgan fingerprint density at radius 2 is 1.64 bits per heavy atom. The van der Waals surface area contributed by atoms with Crippen LogP contribution in [0.4, 0.5) is 11.4 Å². The molecule has 1 aliphatic heterocycles. The number of carbonyl (C=O) groups is 2. The standard InChI is InChI=1S/C23H30N4O5S/c1-17(2)26(3)33(30,31)21-6-4-5-18(15-21)23(29)25-20-9-7-19(8-10-20)24-22(28)16-27-11-13-32-14-12-27/h4-10,15,17H,11-14,16H2,1-3H3,(H,24,28)(H,25,29). The van der Waals surface area contributed by atoms with E-state index in [1.807, 2.05) is 4.90 Å². The molecule has 2 N–H and O–H groups in total. The fraction of sp³-hybridized carbons (Fsp3) is 0.391. The topological polar surface area (TPSA) is 108 Å². The number of carbonyl (C=O) groups excluding carboxylic acids is 2. The Morgan fingerprint density at radius 3 is 2.24 bits per heavy atom. The van der Waals surface area contributed by atoms with Crippen LogP contribution in [-0.2, 0) is 19.6 Å². The molecule has 1 aliphatic rings. The maximum atomic E-state index is 12.7. The van der Waals surface area contributed by atoms with Crippen molar-refractivity contribution in [1.29, 1.82) is 0 Å². The molecule has 2 aromatic rings. The lowest BCUT2D eigenvalue weighted by atomic mass is 10.2. The Hall–Kier alpha value is -2.79. The number of nitrogens with one attached hydrogen (secondary N) is 2. The van der Waals surface area contributed by atoms with Crippen LogP contribution in [0, 0.1) is 0 Å². The number of anilines is 2. The SMILES string of the molecule is CC(C)N(C)S(=O)(=O)c1cccc(C(=O)Nc2ccc(NC(=O)CN3CCOCC3)cc2)c1. The van der Waals surface area contributed by atoms with Gasteiger partial charge in [-0.1, -0.05) is 6.07 Å². The third-order valence-corrected chi connectivity index (χ3v) is 7.43. The lowest BCUT2D eigenvalue weighted by molar-refractivity contribution is -0.118. The van der Waals surface area contributed by atoms with E-state index in [1.54, 1.807) is 50.2 Å². The van der Waals surface area contributed by atoms with Gasteiger partial charge in [0, 0.05) is 43.1 Å². The zero-order chi connectivity index (χ0) is 24.0. The van der Waals surface area contributed by atoms with E-state index < -0.39 is 15.9 Å². The summed E-state index contributed by atoms with van der Waals surface area (Å²) in [6.07, 6.45) is 0. The third kappa shape index (κ3) is 6.61. The van der Waals surface area contributed by atoms with Gasteiger partial charge >= 0.3 is 0 Å². The van der Waals surface area contributed by atoms with Crippen LogP contribution in [0.5, 0.6) is 0 Å². The molecule has 10 heteroatoms. The molecular formula is C23H30N4O5S. The van der Waals surface area contributed by atoms with Crippen molar-refractivity contribution in [2.45, 2.75) is 24.8 Å². The van der Waals surface area contributed by atoms with Gasteiger partial charge in [-0.15, -0.1) is 0 Å². The number of benzene rings is 2. The van der Waals surface area contributed by atoms with Gasteiger partial charge in [0.15, 0.2) is 0 Å². The van der Waals surface area contributed by atoms with Crippen LogP contribution >= 0.6 is 0 Å². The molecule has 1 fully saturated rings. The molecule has 1 heterocycles. The minimum absolute atomic E-state index is 0.0599. The van der Waals surface area contributed by atoms with Crippen LogP contribution in [0.3, 0.4) is 0 Å². The number of rotatable bonds is 8. The summed E-state index contributed by atoms with van der Waals surface area (Å²) in [6.45, 7) is 6.58. The van der Waals surface area contributed by atoms with Crippen LogP contribution in [0.25, 0.3) is 0 Å². The number of hydrogen-bond acceptors (Lipinski definition) is 6. The Labute approximate surface area is 194 Å². The van der Waals surface area contributed by atoms with Crippen molar-refractivity contribution in [1.82, 2.24) is 9.21 Å². The molecule has 0 atom stereocenters. The zero-order valence-electron chi connectivity index (χ0n) is 19.1. The van der Waals surface area contributed by atoms with E-state index in [0.717, 1.165) is 13.1 Å². The van der Waals surface area contributed by atoms with Gasteiger partial charge in [0.05, 0.1) is 24.7 Å². The molecule has 2 amide bonds. The largest absolute Gasteiger partial charge is 0.379 e. The lowest BCUT2D eigenvalue weighted by Crippen LogP contribution is -2.41. The summed E-state index contributed by atoms with van der Waals surface area (Å²) in [6, 6.07) is 12.5. The van der Waals surface area contributed by atoms with Crippen molar-refractivity contribution in [2.24, 2.45) is 0 Å². The van der Waals surface area contributed by atoms with E-state index in [-0.39, 0.29) is 22.4 Å². The number of morpholine rings is 1. The van der Waals surface area contributed by atoms with Crippen molar-refractivity contribution in [3.8, 4) is 0 Å². The molecule has 0 unspecified atom stereocenters. The first-order valence-corrected chi connectivity index (χ1v) is 12.2. The van der Waals surface area contributed by atoms with E-state index in [9.17, 15) is 18.0 Å². The van der Waals surface area contributed by atoms with E-state index in [1.165, 1.54) is 23.5 Å². The smallest absolute Gasteiger partial charge is 0.255 e. The molecule has 2 aromatic carbocycles. The molecule has 9 nitrogen and oxygen atoms in total. The van der Waals surface area contributed by atoms with Crippen molar-refractivity contribution in [3.63, 3.8) is 0 Å². The van der Waals surface area contributed by atoms with Crippen LogP contribution in [0.1, 0.15) is 24.2 Å². The van der Waals surface area contributed by atoms with Crippen LogP contribution < -0.4 is 10.6 Å². The fourth-order valence-corrected chi connectivity index (χ4v) is 4.66. The zero-order valence-corrected chi connectivity index (χ0v) is 19.9. The molecule has 1 saturated heterocycles. The Bertz CT molecular complexity index is 1080. The van der Waals surface area contributed by atoms with Crippen LogP contribution in [0.15, 0.2) is 53.4 Å². The number of nitrogens with zero attached hydrogens (tertiary/aromatic N) is 2. The van der Waals surface area contributed by atoms with Gasteiger partial charge in [-0.2, -0.15) is 4.31 Å². The Morgan fingerprint density at radius 1 is 1.03 bits per heavy atom. The summed E-state index contributed by atoms with van der Waals surface area (Å²) in [5.41, 5.74) is 1.38. The summed E-state index contributed by atoms with van der Waals surface area (Å²) < 4.78 is 32.0. The van der Waals surface area contributed by atoms with Gasteiger partial charge in [-0.05, 0) is 56.3 Å². The second-order valence-corrected chi connectivity index (χ2v) is 10.1. The normalized spacial score (nSPS) is 14.9. The molecule has 0 aliphatic carbocycles. The van der Waals surface area contributed by atoms with Gasteiger partial charge in [-0.3, -0.25) is 14.5 Å². The molecule has 0 radical (unpaired) electrons. The van der Waals surface area contributed by atoms with E-state index in [2.05, 4.69) is 10.6 Å². The molecule has 0 bridgehead atoms. The van der Waals surface area contributed by atoms with E-state index in [0.29, 0.717) is 31.1 Å². The highest BCUT2D eigenvalue weighted by atomic mass is 32.2. The fourth-order valence-electron chi connectivity index (χ4n) is 3.24. The summed E-state index contributed by atoms with van der Waals surface area (Å²) in [5.74, 6) is -0.540. The van der Waals surface area contributed by atoms with Crippen LogP contribution in [0.2, 0.25) is 0 Å². The predicted molar refractivity (Wildman–Crippen MR) is 127 cm³/mol. The highest BCUT2D eigenvalue weighted by Crippen LogP contribution is 2.19. The molecule has 3 rings (SSSR count). The molecule has 178 valence electrons. The maximum Gasteiger partial charge on any atom is 0.255 e. The summed E-state index contributed by atoms with van der Waals surface area (Å²) in [7, 11) is -2.18. The predicted octanol–water partition coefficient (Wildman–Crippen LogP) is 2.24. The van der Waals surface area contributed by atoms with Crippen molar-refractivity contribution < 1.29 is 22.7 Å². The van der Waals surface area contributed by atoms with Gasteiger partial charge < -0.3 is 15.4 Å². The first kappa shape index (κ1) is 24.8. The number of amides is 2. The number of sulfonamides is 1. The first-order valence-electron chi connectivity index (χ1n) is 10.8. The van der Waals surface area contributed by atoms with Crippen molar-refractivity contribution in [3.05, 3.63) is 54.1 Å². The molecule has 0 saturated carbocycles. The maximum absolute atomic E-state index is 12.7. The van der Waals surface area contributed by atoms with Crippen molar-refractivity contribution >= 4 is 33.2 Å². The Kier molecular flexibility index (Phi) is 8.20. The van der Waals surface area contributed by atoms with E-state index in [4.69, 9.17) is 4.74 Å². The highest BCUT2D eigenvalue weighted by molar-refractivity contribution is 7.89.